The molecule has 172 valence electrons. The Hall–Kier alpha value is -3.83. The number of imide groups is 1. The largest absolute Gasteiger partial charge is 0.452 e. The zero-order chi connectivity index (χ0) is 24.1. The van der Waals surface area contributed by atoms with Crippen molar-refractivity contribution in [1.29, 1.82) is 0 Å². The Bertz CT molecular complexity index is 1150. The van der Waals surface area contributed by atoms with Crippen LogP contribution in [0.25, 0.3) is 0 Å². The number of nitrogens with one attached hydrogen (secondary N) is 1. The number of halogens is 1. The normalized spacial score (nSPS) is 12.5. The molecule has 11 nitrogen and oxygen atoms in total. The van der Waals surface area contributed by atoms with Crippen LogP contribution in [0.4, 0.5) is 11.4 Å². The van der Waals surface area contributed by atoms with E-state index in [0.29, 0.717) is 13.0 Å². The number of esters is 1. The van der Waals surface area contributed by atoms with Crippen molar-refractivity contribution in [3.8, 4) is 0 Å². The number of anilines is 1. The van der Waals surface area contributed by atoms with Gasteiger partial charge in [0.05, 0.1) is 21.6 Å². The van der Waals surface area contributed by atoms with Crippen molar-refractivity contribution in [2.75, 3.05) is 32.2 Å². The summed E-state index contributed by atoms with van der Waals surface area (Å²) in [5.74, 6) is -2.72. The van der Waals surface area contributed by atoms with Gasteiger partial charge in [-0.2, -0.15) is 0 Å². The maximum absolute atomic E-state index is 12.5. The first-order chi connectivity index (χ1) is 15.7. The molecular weight excluding hydrogens is 458 g/mol. The smallest absolute Gasteiger partial charge is 0.338 e. The minimum absolute atomic E-state index is 0.0288. The SMILES string of the molecule is COCCCN1C(=O)c2ccc(C(=O)OCC(=O)Nc3ccc(Cl)cc3[N+](=O)[O-])cc2C1=O. The maximum atomic E-state index is 12.5. The molecule has 0 fully saturated rings. The van der Waals surface area contributed by atoms with E-state index in [2.05, 4.69) is 5.32 Å². The molecule has 12 heteroatoms. The molecule has 0 aromatic heterocycles. The first-order valence-electron chi connectivity index (χ1n) is 9.63. The van der Waals surface area contributed by atoms with E-state index in [-0.39, 0.29) is 33.9 Å². The van der Waals surface area contributed by atoms with Gasteiger partial charge in [-0.05, 0) is 36.8 Å². The lowest BCUT2D eigenvalue weighted by atomic mass is 10.1. The van der Waals surface area contributed by atoms with E-state index < -0.39 is 40.9 Å². The highest BCUT2D eigenvalue weighted by Gasteiger charge is 2.35. The van der Waals surface area contributed by atoms with Crippen molar-refractivity contribution in [3.63, 3.8) is 0 Å². The summed E-state index contributed by atoms with van der Waals surface area (Å²) in [5, 5.41) is 13.5. The third kappa shape index (κ3) is 5.33. The molecular formula is C21H18ClN3O8. The van der Waals surface area contributed by atoms with Gasteiger partial charge in [0.1, 0.15) is 5.69 Å². The Labute approximate surface area is 192 Å². The molecule has 0 atom stereocenters. The number of fused-ring (bicyclic) bond motifs is 1. The number of nitro benzene ring substituents is 1. The molecule has 0 saturated carbocycles. The molecule has 1 heterocycles. The van der Waals surface area contributed by atoms with E-state index in [4.69, 9.17) is 21.1 Å². The van der Waals surface area contributed by atoms with E-state index in [9.17, 15) is 29.3 Å². The number of ether oxygens (including phenoxy) is 2. The number of nitro groups is 1. The number of nitrogens with zero attached hydrogens (tertiary/aromatic N) is 2. The Balaban J connectivity index is 1.64. The lowest BCUT2D eigenvalue weighted by molar-refractivity contribution is -0.383. The highest BCUT2D eigenvalue weighted by molar-refractivity contribution is 6.31. The van der Waals surface area contributed by atoms with Gasteiger partial charge in [0.25, 0.3) is 23.4 Å². The molecule has 2 aromatic carbocycles. The van der Waals surface area contributed by atoms with Crippen LogP contribution in [0.3, 0.4) is 0 Å². The van der Waals surface area contributed by atoms with Gasteiger partial charge in [-0.15, -0.1) is 0 Å². The molecule has 0 radical (unpaired) electrons. The molecule has 0 spiro atoms. The number of hydrogen-bond donors (Lipinski definition) is 1. The second-order valence-electron chi connectivity index (χ2n) is 6.91. The van der Waals surface area contributed by atoms with Crippen molar-refractivity contribution in [2.24, 2.45) is 0 Å². The molecule has 1 aliphatic rings. The molecule has 3 amide bonds. The van der Waals surface area contributed by atoms with Gasteiger partial charge in [0.2, 0.25) is 0 Å². The number of amides is 3. The van der Waals surface area contributed by atoms with Crippen LogP contribution in [0.15, 0.2) is 36.4 Å². The van der Waals surface area contributed by atoms with Crippen molar-refractivity contribution < 1.29 is 33.6 Å². The molecule has 33 heavy (non-hydrogen) atoms. The van der Waals surface area contributed by atoms with Gasteiger partial charge in [-0.3, -0.25) is 29.4 Å². The highest BCUT2D eigenvalue weighted by atomic mass is 35.5. The lowest BCUT2D eigenvalue weighted by Crippen LogP contribution is -2.31. The van der Waals surface area contributed by atoms with Gasteiger partial charge in [-0.25, -0.2) is 4.79 Å². The third-order valence-electron chi connectivity index (χ3n) is 4.70. The van der Waals surface area contributed by atoms with Crippen molar-refractivity contribution >= 4 is 46.7 Å². The second-order valence-corrected chi connectivity index (χ2v) is 7.35. The standard InChI is InChI=1S/C21H18ClN3O8/c1-32-8-2-7-24-19(27)14-5-3-12(9-15(14)20(24)28)21(29)33-11-18(26)23-16-6-4-13(22)10-17(16)25(30)31/h3-6,9-10H,2,7-8,11H2,1H3,(H,23,26). The number of carbonyl (C=O) groups excluding carboxylic acids is 4. The summed E-state index contributed by atoms with van der Waals surface area (Å²) in [7, 11) is 1.51. The zero-order valence-electron chi connectivity index (χ0n) is 17.3. The summed E-state index contributed by atoms with van der Waals surface area (Å²) in [6.45, 7) is -0.172. The third-order valence-corrected chi connectivity index (χ3v) is 4.94. The van der Waals surface area contributed by atoms with Crippen LogP contribution in [0.1, 0.15) is 37.5 Å². The Morgan fingerprint density at radius 2 is 1.85 bits per heavy atom. The summed E-state index contributed by atoms with van der Waals surface area (Å²) in [6, 6.07) is 7.58. The van der Waals surface area contributed by atoms with Crippen LogP contribution in [-0.2, 0) is 14.3 Å². The molecule has 1 N–H and O–H groups in total. The Morgan fingerprint density at radius 1 is 1.12 bits per heavy atom. The molecule has 0 aliphatic carbocycles. The number of rotatable bonds is 9. The van der Waals surface area contributed by atoms with Gasteiger partial charge in [-0.1, -0.05) is 11.6 Å². The van der Waals surface area contributed by atoms with Crippen molar-refractivity contribution in [2.45, 2.75) is 6.42 Å². The first-order valence-corrected chi connectivity index (χ1v) is 10.0. The van der Waals surface area contributed by atoms with Crippen molar-refractivity contribution in [3.05, 3.63) is 68.2 Å². The highest BCUT2D eigenvalue weighted by Crippen LogP contribution is 2.28. The Morgan fingerprint density at radius 3 is 2.55 bits per heavy atom. The average molecular weight is 476 g/mol. The monoisotopic (exact) mass is 475 g/mol. The number of methoxy groups -OCH3 is 1. The fourth-order valence-electron chi connectivity index (χ4n) is 3.15. The number of benzene rings is 2. The van der Waals surface area contributed by atoms with E-state index >= 15 is 0 Å². The second kappa shape index (κ2) is 10.2. The van der Waals surface area contributed by atoms with Crippen LogP contribution in [0.5, 0.6) is 0 Å². The van der Waals surface area contributed by atoms with Crippen molar-refractivity contribution in [1.82, 2.24) is 4.90 Å². The molecule has 2 aromatic rings. The number of hydrogen-bond acceptors (Lipinski definition) is 8. The molecule has 0 unspecified atom stereocenters. The van der Waals surface area contributed by atoms with E-state index in [1.54, 1.807) is 0 Å². The topological polar surface area (TPSA) is 145 Å². The van der Waals surface area contributed by atoms with Crippen LogP contribution in [-0.4, -0.2) is 60.4 Å². The summed E-state index contributed by atoms with van der Waals surface area (Å²) >= 11 is 5.73. The minimum Gasteiger partial charge on any atom is -0.452 e. The number of carbonyl (C=O) groups is 4. The van der Waals surface area contributed by atoms with E-state index in [1.807, 2.05) is 0 Å². The van der Waals surface area contributed by atoms with Crippen LogP contribution in [0, 0.1) is 10.1 Å². The minimum atomic E-state index is -0.906. The van der Waals surface area contributed by atoms with Gasteiger partial charge >= 0.3 is 5.97 Å². The Kier molecular flexibility index (Phi) is 7.36. The quantitative estimate of drug-likeness (QED) is 0.191. The fourth-order valence-corrected chi connectivity index (χ4v) is 3.32. The lowest BCUT2D eigenvalue weighted by Gasteiger charge is -2.12. The maximum Gasteiger partial charge on any atom is 0.338 e. The molecule has 1 aliphatic heterocycles. The summed E-state index contributed by atoms with van der Waals surface area (Å²) in [6.07, 6.45) is 0.470. The van der Waals surface area contributed by atoms with Crippen LogP contribution >= 0.6 is 11.6 Å². The van der Waals surface area contributed by atoms with E-state index in [0.717, 1.165) is 11.0 Å². The first kappa shape index (κ1) is 23.8. The van der Waals surface area contributed by atoms with Gasteiger partial charge in [0.15, 0.2) is 6.61 Å². The van der Waals surface area contributed by atoms with Gasteiger partial charge in [0, 0.05) is 31.4 Å². The molecule has 3 rings (SSSR count). The predicted molar refractivity (Wildman–Crippen MR) is 115 cm³/mol. The molecule has 0 bridgehead atoms. The summed E-state index contributed by atoms with van der Waals surface area (Å²) < 4.78 is 9.87. The zero-order valence-corrected chi connectivity index (χ0v) is 18.1. The summed E-state index contributed by atoms with van der Waals surface area (Å²) in [5.41, 5.74) is -0.325. The van der Waals surface area contributed by atoms with E-state index in [1.165, 1.54) is 37.4 Å². The molecule has 0 saturated heterocycles. The van der Waals surface area contributed by atoms with Crippen LogP contribution < -0.4 is 5.32 Å². The fraction of sp³-hybridized carbons (Fsp3) is 0.238. The predicted octanol–water partition coefficient (Wildman–Crippen LogP) is 2.68. The summed E-state index contributed by atoms with van der Waals surface area (Å²) in [4.78, 5) is 60.8. The average Bonchev–Trinajstić information content (AvgIpc) is 3.03. The van der Waals surface area contributed by atoms with Crippen LogP contribution in [0.2, 0.25) is 5.02 Å². The van der Waals surface area contributed by atoms with Gasteiger partial charge < -0.3 is 14.8 Å².